The zero-order chi connectivity index (χ0) is 19.8. The highest BCUT2D eigenvalue weighted by molar-refractivity contribution is 6.17. The van der Waals surface area contributed by atoms with Gasteiger partial charge in [0.25, 0.3) is 0 Å². The number of hydrogen-bond acceptors (Lipinski definition) is 6. The molecule has 0 N–H and O–H groups in total. The van der Waals surface area contributed by atoms with Crippen molar-refractivity contribution in [2.75, 3.05) is 21.0 Å². The Hall–Kier alpha value is -3.54. The molecule has 1 aromatic heterocycles. The van der Waals surface area contributed by atoms with Gasteiger partial charge in [-0.15, -0.1) is 0 Å². The smallest absolute Gasteiger partial charge is 0.231 e. The number of methoxy groups -OCH3 is 2. The molecule has 3 aromatic rings. The Morgan fingerprint density at radius 2 is 1.86 bits per heavy atom. The fourth-order valence-electron chi connectivity index (χ4n) is 3.40. The van der Waals surface area contributed by atoms with Crippen LogP contribution in [0.3, 0.4) is 0 Å². The molecule has 2 heterocycles. The number of pyridine rings is 1. The topological polar surface area (TPSA) is 66.9 Å². The zero-order valence-electron chi connectivity index (χ0n) is 15.9. The molecule has 0 unspecified atom stereocenters. The van der Waals surface area contributed by atoms with Crippen LogP contribution < -0.4 is 18.9 Å². The number of carbonyl (C=O) groups excluding carboxylic acids is 1. The van der Waals surface area contributed by atoms with Crippen LogP contribution in [-0.4, -0.2) is 31.8 Å². The summed E-state index contributed by atoms with van der Waals surface area (Å²) in [5, 5.41) is 1.44. The molecular formula is C22H19NO5. The van der Waals surface area contributed by atoms with Crippen LogP contribution in [0, 0.1) is 6.92 Å². The average Bonchev–Trinajstić information content (AvgIpc) is 3.18. The monoisotopic (exact) mass is 377 g/mol. The predicted molar refractivity (Wildman–Crippen MR) is 106 cm³/mol. The highest BCUT2D eigenvalue weighted by atomic mass is 16.7. The van der Waals surface area contributed by atoms with Crippen molar-refractivity contribution in [3.8, 4) is 23.0 Å². The number of rotatable bonds is 5. The lowest BCUT2D eigenvalue weighted by Gasteiger charge is -2.14. The van der Waals surface area contributed by atoms with E-state index in [9.17, 15) is 4.79 Å². The molecule has 0 saturated heterocycles. The van der Waals surface area contributed by atoms with E-state index in [0.717, 1.165) is 5.39 Å². The van der Waals surface area contributed by atoms with Gasteiger partial charge in [-0.2, -0.15) is 0 Å². The number of ketones is 1. The van der Waals surface area contributed by atoms with E-state index in [4.69, 9.17) is 18.9 Å². The van der Waals surface area contributed by atoms with E-state index in [1.807, 2.05) is 19.1 Å². The molecule has 1 aliphatic heterocycles. The number of carbonyl (C=O) groups is 1. The van der Waals surface area contributed by atoms with Crippen LogP contribution >= 0.6 is 0 Å². The molecule has 6 heteroatoms. The SMILES string of the molecule is C=Cc1cc2c(cc1C(=O)c1nc(C)cc3c(OC)c(OC)ccc13)OCO2. The van der Waals surface area contributed by atoms with Gasteiger partial charge in [0.15, 0.2) is 23.0 Å². The van der Waals surface area contributed by atoms with E-state index in [2.05, 4.69) is 11.6 Å². The van der Waals surface area contributed by atoms with E-state index in [0.29, 0.717) is 50.9 Å². The quantitative estimate of drug-likeness (QED) is 0.622. The summed E-state index contributed by atoms with van der Waals surface area (Å²) in [5.74, 6) is 2.06. The molecule has 1 aliphatic rings. The maximum atomic E-state index is 13.5. The largest absolute Gasteiger partial charge is 0.493 e. The summed E-state index contributed by atoms with van der Waals surface area (Å²) < 4.78 is 21.8. The van der Waals surface area contributed by atoms with Crippen LogP contribution in [0.5, 0.6) is 23.0 Å². The van der Waals surface area contributed by atoms with Crippen molar-refractivity contribution < 1.29 is 23.7 Å². The van der Waals surface area contributed by atoms with Crippen molar-refractivity contribution >= 4 is 22.6 Å². The molecule has 142 valence electrons. The zero-order valence-corrected chi connectivity index (χ0v) is 15.9. The Morgan fingerprint density at radius 1 is 1.11 bits per heavy atom. The van der Waals surface area contributed by atoms with Crippen molar-refractivity contribution in [3.63, 3.8) is 0 Å². The Balaban J connectivity index is 1.95. The van der Waals surface area contributed by atoms with Gasteiger partial charge in [-0.3, -0.25) is 4.79 Å². The van der Waals surface area contributed by atoms with Gasteiger partial charge < -0.3 is 18.9 Å². The Morgan fingerprint density at radius 3 is 2.54 bits per heavy atom. The van der Waals surface area contributed by atoms with Crippen LogP contribution in [0.25, 0.3) is 16.8 Å². The molecule has 28 heavy (non-hydrogen) atoms. The van der Waals surface area contributed by atoms with E-state index < -0.39 is 0 Å². The number of aromatic nitrogens is 1. The van der Waals surface area contributed by atoms with E-state index in [1.165, 1.54) is 0 Å². The third-order valence-electron chi connectivity index (χ3n) is 4.70. The van der Waals surface area contributed by atoms with Gasteiger partial charge in [-0.05, 0) is 42.8 Å². The molecule has 0 bridgehead atoms. The summed E-state index contributed by atoms with van der Waals surface area (Å²) in [6, 6.07) is 8.89. The molecule has 0 amide bonds. The van der Waals surface area contributed by atoms with Gasteiger partial charge in [-0.1, -0.05) is 12.7 Å². The second-order valence-corrected chi connectivity index (χ2v) is 6.33. The maximum absolute atomic E-state index is 13.5. The third kappa shape index (κ3) is 2.74. The number of benzene rings is 2. The Labute approximate surface area is 162 Å². The van der Waals surface area contributed by atoms with Crippen molar-refractivity contribution in [1.29, 1.82) is 0 Å². The van der Waals surface area contributed by atoms with Crippen molar-refractivity contribution in [3.05, 3.63) is 59.4 Å². The first-order valence-corrected chi connectivity index (χ1v) is 8.70. The molecule has 0 atom stereocenters. The Kier molecular flexibility index (Phi) is 4.39. The van der Waals surface area contributed by atoms with Gasteiger partial charge in [0, 0.05) is 22.0 Å². The van der Waals surface area contributed by atoms with Gasteiger partial charge in [0.05, 0.1) is 14.2 Å². The summed E-state index contributed by atoms with van der Waals surface area (Å²) in [6.45, 7) is 5.79. The number of aryl methyl sites for hydroxylation is 1. The predicted octanol–water partition coefficient (Wildman–Crippen LogP) is 4.16. The van der Waals surface area contributed by atoms with E-state index in [-0.39, 0.29) is 12.6 Å². The molecule has 2 aromatic carbocycles. The first-order chi connectivity index (χ1) is 13.6. The summed E-state index contributed by atoms with van der Waals surface area (Å²) in [6.07, 6.45) is 1.62. The van der Waals surface area contributed by atoms with Crippen molar-refractivity contribution in [1.82, 2.24) is 4.98 Å². The van der Waals surface area contributed by atoms with Crippen LogP contribution in [0.15, 0.2) is 36.9 Å². The first-order valence-electron chi connectivity index (χ1n) is 8.70. The lowest BCUT2D eigenvalue weighted by molar-refractivity contribution is 0.103. The summed E-state index contributed by atoms with van der Waals surface area (Å²) in [4.78, 5) is 18.0. The second kappa shape index (κ2) is 6.88. The molecule has 6 nitrogen and oxygen atoms in total. The van der Waals surface area contributed by atoms with Crippen molar-refractivity contribution in [2.24, 2.45) is 0 Å². The van der Waals surface area contributed by atoms with Crippen LogP contribution in [0.4, 0.5) is 0 Å². The maximum Gasteiger partial charge on any atom is 0.231 e. The molecule has 0 saturated carbocycles. The van der Waals surface area contributed by atoms with Crippen LogP contribution in [0.2, 0.25) is 0 Å². The Bertz CT molecular complexity index is 1120. The summed E-state index contributed by atoms with van der Waals surface area (Å²) in [5.41, 5.74) is 2.14. The van der Waals surface area contributed by atoms with Gasteiger partial charge in [0.1, 0.15) is 5.69 Å². The number of fused-ring (bicyclic) bond motifs is 2. The third-order valence-corrected chi connectivity index (χ3v) is 4.70. The fourth-order valence-corrected chi connectivity index (χ4v) is 3.40. The summed E-state index contributed by atoms with van der Waals surface area (Å²) in [7, 11) is 3.15. The minimum atomic E-state index is -0.228. The molecule has 4 rings (SSSR count). The van der Waals surface area contributed by atoms with Crippen LogP contribution in [0.1, 0.15) is 27.3 Å². The molecular weight excluding hydrogens is 358 g/mol. The molecule has 0 fully saturated rings. The molecule has 0 spiro atoms. The van der Waals surface area contributed by atoms with Gasteiger partial charge in [-0.25, -0.2) is 4.98 Å². The minimum Gasteiger partial charge on any atom is -0.493 e. The standard InChI is InChI=1S/C22H19NO5/c1-5-13-9-18-19(28-11-27-18)10-15(13)21(24)20-14-6-7-17(25-3)22(26-4)16(14)8-12(2)23-20/h5-10H,1,11H2,2-4H3. The van der Waals surface area contributed by atoms with E-state index in [1.54, 1.807) is 38.5 Å². The lowest BCUT2D eigenvalue weighted by Crippen LogP contribution is -2.08. The first kappa shape index (κ1) is 17.9. The normalized spacial score (nSPS) is 12.1. The van der Waals surface area contributed by atoms with Crippen molar-refractivity contribution in [2.45, 2.75) is 6.92 Å². The number of ether oxygens (including phenoxy) is 4. The molecule has 0 aliphatic carbocycles. The highest BCUT2D eigenvalue weighted by Gasteiger charge is 2.24. The summed E-state index contributed by atoms with van der Waals surface area (Å²) >= 11 is 0. The average molecular weight is 377 g/mol. The fraction of sp³-hybridized carbons (Fsp3) is 0.182. The van der Waals surface area contributed by atoms with Crippen LogP contribution in [-0.2, 0) is 0 Å². The second-order valence-electron chi connectivity index (χ2n) is 6.33. The highest BCUT2D eigenvalue weighted by Crippen LogP contribution is 2.39. The minimum absolute atomic E-state index is 0.131. The van der Waals surface area contributed by atoms with Gasteiger partial charge in [0.2, 0.25) is 12.6 Å². The van der Waals surface area contributed by atoms with Gasteiger partial charge >= 0.3 is 0 Å². The van der Waals surface area contributed by atoms with E-state index >= 15 is 0 Å². The number of hydrogen-bond donors (Lipinski definition) is 0. The lowest BCUT2D eigenvalue weighted by atomic mass is 9.96. The number of nitrogens with zero attached hydrogens (tertiary/aromatic N) is 1. The molecule has 0 radical (unpaired) electrons.